The maximum absolute atomic E-state index is 12.0. The average Bonchev–Trinajstić information content (AvgIpc) is 2.82. The van der Waals surface area contributed by atoms with E-state index in [4.69, 9.17) is 5.11 Å². The number of nitrogens with zero attached hydrogens (tertiary/aromatic N) is 1. The summed E-state index contributed by atoms with van der Waals surface area (Å²) in [6.45, 7) is 1.93. The van der Waals surface area contributed by atoms with Crippen LogP contribution in [0.4, 0.5) is 17.1 Å². The molecule has 4 aromatic carbocycles. The van der Waals surface area contributed by atoms with Gasteiger partial charge in [0, 0.05) is 6.61 Å². The van der Waals surface area contributed by atoms with Crippen molar-refractivity contribution in [2.24, 2.45) is 4.99 Å². The number of aliphatic hydroxyl groups is 1. The first-order chi connectivity index (χ1) is 15.6. The number of phenols is 2. The van der Waals surface area contributed by atoms with Crippen LogP contribution in [0.15, 0.2) is 68.0 Å². The van der Waals surface area contributed by atoms with Gasteiger partial charge in [0.15, 0.2) is 16.5 Å². The van der Waals surface area contributed by atoms with Gasteiger partial charge in [0.2, 0.25) is 5.43 Å². The van der Waals surface area contributed by atoms with Gasteiger partial charge in [-0.3, -0.25) is 9.59 Å². The molecule has 0 amide bonds. The van der Waals surface area contributed by atoms with Crippen molar-refractivity contribution in [3.63, 3.8) is 0 Å². The minimum absolute atomic E-state index is 0. The number of aromatic hydroxyl groups is 3. The molecule has 0 aliphatic rings. The fraction of sp³-hybridized carbons (Fsp3) is 0.0909. The van der Waals surface area contributed by atoms with Gasteiger partial charge in [-0.15, -0.1) is 10.6 Å². The Hall–Kier alpha value is -0.450. The summed E-state index contributed by atoms with van der Waals surface area (Å²) in [5, 5.41) is 49.6. The zero-order valence-electron chi connectivity index (χ0n) is 21.6. The van der Waals surface area contributed by atoms with Crippen molar-refractivity contribution in [1.82, 2.24) is 0 Å². The van der Waals surface area contributed by atoms with E-state index in [2.05, 4.69) is 35.2 Å². The molecule has 0 aliphatic heterocycles. The molecule has 4 rings (SSSR count). The Morgan fingerprint density at radius 2 is 1.46 bits per heavy atom. The summed E-state index contributed by atoms with van der Waals surface area (Å²) in [7, 11) is 0. The summed E-state index contributed by atoms with van der Waals surface area (Å²) >= 11 is 8.64. The Morgan fingerprint density at radius 1 is 0.973 bits per heavy atom. The van der Waals surface area contributed by atoms with Crippen molar-refractivity contribution in [3.8, 4) is 23.0 Å². The standard InChI is InChI=1S/C16H12N2O4.C4H2O2S2.C2H6O.3Na.H2S.H/c19-11-7-3-1-5-9(11)17-13-15(21)14(16(13)22)18-10-6-2-4-8-12(10)20;5-1-3(7)2(6)4(1)8;1-2-3;;;;;/h1-8,17,19-21H;5,7H;3H,2H2,1H3;;;;1H2;/q;;;3*+1;;-1/p-2. The predicted molar refractivity (Wildman–Crippen MR) is 137 cm³/mol. The van der Waals surface area contributed by atoms with Gasteiger partial charge in [0.05, 0.1) is 10.2 Å². The molecule has 0 heterocycles. The molecule has 0 unspecified atom stereocenters. The molecule has 0 atom stereocenters. The first-order valence-corrected chi connectivity index (χ1v) is 10.1. The molecule has 182 valence electrons. The summed E-state index contributed by atoms with van der Waals surface area (Å²) in [5.74, 6) is -0.879. The Balaban J connectivity index is -0.000000310. The van der Waals surface area contributed by atoms with Gasteiger partial charge < -0.3 is 44.9 Å². The van der Waals surface area contributed by atoms with E-state index in [0.717, 1.165) is 0 Å². The van der Waals surface area contributed by atoms with E-state index in [1.807, 2.05) is 0 Å². The van der Waals surface area contributed by atoms with Gasteiger partial charge in [-0.2, -0.15) is 13.5 Å². The van der Waals surface area contributed by atoms with Crippen LogP contribution in [0.1, 0.15) is 8.35 Å². The van der Waals surface area contributed by atoms with Crippen LogP contribution in [-0.2, 0) is 12.6 Å². The molecule has 0 fully saturated rings. The quantitative estimate of drug-likeness (QED) is 0.0671. The molecule has 37 heavy (non-hydrogen) atoms. The summed E-state index contributed by atoms with van der Waals surface area (Å²) in [5.41, 5.74) is -0.488. The zero-order chi connectivity index (χ0) is 24.7. The number of benzene rings is 2. The maximum Gasteiger partial charge on any atom is 1.00 e. The van der Waals surface area contributed by atoms with Crippen LogP contribution in [0.5, 0.6) is 23.0 Å². The molecule has 0 aromatic heterocycles. The molecule has 0 bridgehead atoms. The maximum atomic E-state index is 12.0. The minimum Gasteiger partial charge on any atom is -1.00 e. The van der Waals surface area contributed by atoms with Gasteiger partial charge in [-0.05, 0) is 31.2 Å². The van der Waals surface area contributed by atoms with E-state index in [1.54, 1.807) is 37.3 Å². The van der Waals surface area contributed by atoms with Gasteiger partial charge in [0.25, 0.3) is 0 Å². The van der Waals surface area contributed by atoms with Crippen molar-refractivity contribution < 1.29 is 116 Å². The molecular weight excluding hydrogens is 569 g/mol. The van der Waals surface area contributed by atoms with Crippen molar-refractivity contribution in [2.75, 3.05) is 11.9 Å². The van der Waals surface area contributed by atoms with E-state index >= 15 is 0 Å². The second-order valence-corrected chi connectivity index (χ2v) is 7.09. The van der Waals surface area contributed by atoms with E-state index in [9.17, 15) is 30.0 Å². The largest absolute Gasteiger partial charge is 1.00 e. The number of rotatable bonds is 3. The third-order valence-electron chi connectivity index (χ3n) is 4.01. The molecule has 0 radical (unpaired) electrons. The molecule has 0 aliphatic carbocycles. The number of phenolic OH excluding ortho intramolecular Hbond substituents is 2. The third-order valence-corrected chi connectivity index (χ3v) is 4.75. The molecule has 0 saturated heterocycles. The summed E-state index contributed by atoms with van der Waals surface area (Å²) in [4.78, 5) is 26.1. The Bertz CT molecular complexity index is 1410. The van der Waals surface area contributed by atoms with Crippen molar-refractivity contribution in [3.05, 3.63) is 78.8 Å². The summed E-state index contributed by atoms with van der Waals surface area (Å²) < 4.78 is -0.144. The van der Waals surface area contributed by atoms with Gasteiger partial charge in [-0.1, -0.05) is 36.5 Å². The molecule has 0 spiro atoms. The SMILES string of the molecule is CCO.O=c1c(Nc2ccccc2O)c(O)c1=Nc1ccccc1O.O=c1c([S-])c([O-])c1=S.S.[H-].[Na+].[Na+].[Na+]. The third kappa shape index (κ3) is 10.6. The number of hydrogen-bond donors (Lipinski definition) is 5. The van der Waals surface area contributed by atoms with Gasteiger partial charge in [-0.25, -0.2) is 4.99 Å². The number of aliphatic hydroxyl groups excluding tert-OH is 1. The number of para-hydroxylation sites is 4. The van der Waals surface area contributed by atoms with Crippen LogP contribution >= 0.6 is 25.7 Å². The molecule has 0 saturated carbocycles. The number of nitrogens with one attached hydrogen (secondary N) is 1. The smallest absolute Gasteiger partial charge is 1.00 e. The summed E-state index contributed by atoms with van der Waals surface area (Å²) in [6, 6.07) is 12.6. The van der Waals surface area contributed by atoms with E-state index in [1.165, 1.54) is 18.2 Å². The van der Waals surface area contributed by atoms with E-state index in [0.29, 0.717) is 5.69 Å². The van der Waals surface area contributed by atoms with Gasteiger partial charge in [0.1, 0.15) is 22.9 Å². The minimum atomic E-state index is -0.496. The fourth-order valence-corrected chi connectivity index (χ4v) is 2.89. The predicted octanol–water partition coefficient (Wildman–Crippen LogP) is -7.12. The van der Waals surface area contributed by atoms with Crippen LogP contribution in [0, 0.1) is 4.51 Å². The average molecular weight is 591 g/mol. The van der Waals surface area contributed by atoms with Crippen LogP contribution < -0.4 is 115 Å². The monoisotopic (exact) mass is 590 g/mol. The molecule has 5 N–H and O–H groups in total. The van der Waals surface area contributed by atoms with Crippen LogP contribution in [0.3, 0.4) is 0 Å². The Kier molecular flexibility index (Phi) is 21.7. The van der Waals surface area contributed by atoms with Crippen molar-refractivity contribution in [1.29, 1.82) is 0 Å². The number of hydrogen-bond acceptors (Lipinski definition) is 11. The Morgan fingerprint density at radius 3 is 1.86 bits per heavy atom. The first-order valence-electron chi connectivity index (χ1n) is 9.32. The zero-order valence-corrected chi connectivity index (χ0v) is 29.2. The molecular formula is C22H21N2Na3O7S3. The first kappa shape index (κ1) is 41.0. The fourth-order valence-electron chi connectivity index (χ4n) is 2.35. The van der Waals surface area contributed by atoms with Gasteiger partial charge >= 0.3 is 88.7 Å². The molecule has 9 nitrogen and oxygen atoms in total. The second-order valence-electron chi connectivity index (χ2n) is 6.28. The topological polar surface area (TPSA) is 163 Å². The van der Waals surface area contributed by atoms with Crippen LogP contribution in [0.2, 0.25) is 0 Å². The summed E-state index contributed by atoms with van der Waals surface area (Å²) in [6.07, 6.45) is 0. The molecule has 4 aromatic rings. The number of anilines is 2. The molecule has 15 heteroatoms. The van der Waals surface area contributed by atoms with E-state index < -0.39 is 16.6 Å². The van der Waals surface area contributed by atoms with Crippen molar-refractivity contribution in [2.45, 2.75) is 11.8 Å². The van der Waals surface area contributed by atoms with Crippen LogP contribution in [-0.4, -0.2) is 27.0 Å². The van der Waals surface area contributed by atoms with Crippen LogP contribution in [0.25, 0.3) is 0 Å². The Labute approximate surface area is 297 Å². The second kappa shape index (κ2) is 19.6. The van der Waals surface area contributed by atoms with Crippen molar-refractivity contribution >= 4 is 55.4 Å². The normalized spacial score (nSPS) is 9.62. The van der Waals surface area contributed by atoms with E-state index in [-0.39, 0.29) is 154 Å².